The van der Waals surface area contributed by atoms with E-state index in [4.69, 9.17) is 10.5 Å². The van der Waals surface area contributed by atoms with Gasteiger partial charge in [-0.05, 0) is 19.9 Å². The molecule has 3 N–H and O–H groups in total. The Balaban J connectivity index is 2.36. The van der Waals surface area contributed by atoms with Gasteiger partial charge in [0.1, 0.15) is 4.90 Å². The molecule has 0 saturated carbocycles. The normalized spacial score (nSPS) is 23.6. The van der Waals surface area contributed by atoms with Crippen LogP contribution in [0.2, 0.25) is 0 Å². The lowest BCUT2D eigenvalue weighted by atomic mass is 10.1. The molecule has 112 valence electrons. The third kappa shape index (κ3) is 2.93. The van der Waals surface area contributed by atoms with Crippen molar-refractivity contribution in [3.05, 3.63) is 18.5 Å². The van der Waals surface area contributed by atoms with Gasteiger partial charge in [-0.15, -0.1) is 0 Å². The standard InChI is InChI=1S/C12H19N3O4S/c1-12(2)8-15(6-9(7-16)19-12)20(17,18)11-5-14-4-3-10(11)13/h3-5,9,16H,6-8H2,1-2H3,(H2,13,14). The van der Waals surface area contributed by atoms with Crippen molar-refractivity contribution in [1.29, 1.82) is 0 Å². The summed E-state index contributed by atoms with van der Waals surface area (Å²) in [5.74, 6) is 0. The molecule has 20 heavy (non-hydrogen) atoms. The minimum absolute atomic E-state index is 0.0191. The van der Waals surface area contributed by atoms with Crippen LogP contribution in [-0.2, 0) is 14.8 Å². The average molecular weight is 301 g/mol. The van der Waals surface area contributed by atoms with Crippen LogP contribution in [0.5, 0.6) is 0 Å². The van der Waals surface area contributed by atoms with Crippen LogP contribution in [0.3, 0.4) is 0 Å². The summed E-state index contributed by atoms with van der Waals surface area (Å²) in [4.78, 5) is 3.80. The van der Waals surface area contributed by atoms with Crippen LogP contribution in [0.25, 0.3) is 0 Å². The Labute approximate surface area is 118 Å². The SMILES string of the molecule is CC1(C)CN(S(=O)(=O)c2cnccc2N)CC(CO)O1. The molecule has 0 amide bonds. The fourth-order valence-corrected chi connectivity index (χ4v) is 3.95. The maximum atomic E-state index is 12.6. The second kappa shape index (κ2) is 5.28. The Morgan fingerprint density at radius 3 is 2.90 bits per heavy atom. The van der Waals surface area contributed by atoms with Crippen molar-refractivity contribution in [3.63, 3.8) is 0 Å². The first-order valence-electron chi connectivity index (χ1n) is 6.24. The first-order chi connectivity index (χ1) is 9.26. The maximum Gasteiger partial charge on any atom is 0.246 e. The third-order valence-electron chi connectivity index (χ3n) is 3.09. The van der Waals surface area contributed by atoms with Crippen LogP contribution in [0.1, 0.15) is 13.8 Å². The largest absolute Gasteiger partial charge is 0.398 e. The molecule has 0 bridgehead atoms. The van der Waals surface area contributed by atoms with Gasteiger partial charge in [-0.25, -0.2) is 8.42 Å². The van der Waals surface area contributed by atoms with E-state index >= 15 is 0 Å². The Hall–Kier alpha value is -1.22. The van der Waals surface area contributed by atoms with Crippen molar-refractivity contribution >= 4 is 15.7 Å². The smallest absolute Gasteiger partial charge is 0.246 e. The van der Waals surface area contributed by atoms with Gasteiger partial charge in [-0.2, -0.15) is 4.31 Å². The Morgan fingerprint density at radius 1 is 1.60 bits per heavy atom. The predicted octanol–water partition coefficient (Wildman–Crippen LogP) is -0.176. The molecule has 1 atom stereocenters. The lowest BCUT2D eigenvalue weighted by molar-refractivity contribution is -0.131. The zero-order chi connectivity index (χ0) is 15.0. The highest BCUT2D eigenvalue weighted by Crippen LogP contribution is 2.28. The molecule has 0 spiro atoms. The quantitative estimate of drug-likeness (QED) is 0.802. The number of nitrogens with zero attached hydrogens (tertiary/aromatic N) is 2. The summed E-state index contributed by atoms with van der Waals surface area (Å²) in [6, 6.07) is 1.45. The van der Waals surface area contributed by atoms with Crippen LogP contribution in [0.4, 0.5) is 5.69 Å². The molecule has 0 aliphatic carbocycles. The van der Waals surface area contributed by atoms with E-state index in [2.05, 4.69) is 4.98 Å². The topological polar surface area (TPSA) is 106 Å². The van der Waals surface area contributed by atoms with Gasteiger partial charge in [0.25, 0.3) is 0 Å². The molecule has 1 aromatic rings. The number of nitrogens with two attached hydrogens (primary N) is 1. The van der Waals surface area contributed by atoms with E-state index in [1.54, 1.807) is 13.8 Å². The summed E-state index contributed by atoms with van der Waals surface area (Å²) >= 11 is 0. The third-order valence-corrected chi connectivity index (χ3v) is 4.94. The number of pyridine rings is 1. The van der Waals surface area contributed by atoms with Crippen molar-refractivity contribution in [1.82, 2.24) is 9.29 Å². The number of aliphatic hydroxyl groups excluding tert-OH is 1. The second-order valence-electron chi connectivity index (χ2n) is 5.39. The minimum atomic E-state index is -3.75. The fraction of sp³-hybridized carbons (Fsp3) is 0.583. The van der Waals surface area contributed by atoms with E-state index in [1.165, 1.54) is 22.8 Å². The molecule has 0 radical (unpaired) electrons. The van der Waals surface area contributed by atoms with Gasteiger partial charge >= 0.3 is 0 Å². The van der Waals surface area contributed by atoms with Crippen LogP contribution in [0, 0.1) is 0 Å². The molecule has 8 heteroatoms. The van der Waals surface area contributed by atoms with E-state index < -0.39 is 21.7 Å². The van der Waals surface area contributed by atoms with Crippen molar-refractivity contribution in [2.75, 3.05) is 25.4 Å². The van der Waals surface area contributed by atoms with Gasteiger partial charge < -0.3 is 15.6 Å². The van der Waals surface area contributed by atoms with Crippen LogP contribution in [-0.4, -0.2) is 54.2 Å². The molecular weight excluding hydrogens is 282 g/mol. The van der Waals surface area contributed by atoms with Gasteiger partial charge in [0, 0.05) is 25.5 Å². The highest BCUT2D eigenvalue weighted by atomic mass is 32.2. The molecule has 2 rings (SSSR count). The molecule has 1 fully saturated rings. The molecule has 1 aromatic heterocycles. The summed E-state index contributed by atoms with van der Waals surface area (Å²) in [6.45, 7) is 3.61. The number of hydrogen-bond donors (Lipinski definition) is 2. The number of aromatic nitrogens is 1. The van der Waals surface area contributed by atoms with E-state index in [0.717, 1.165) is 0 Å². The zero-order valence-corrected chi connectivity index (χ0v) is 12.3. The van der Waals surface area contributed by atoms with Crippen molar-refractivity contribution in [3.8, 4) is 0 Å². The molecule has 0 aromatic carbocycles. The molecule has 7 nitrogen and oxygen atoms in total. The number of rotatable bonds is 3. The summed E-state index contributed by atoms with van der Waals surface area (Å²) < 4.78 is 32.1. The lowest BCUT2D eigenvalue weighted by Gasteiger charge is -2.41. The minimum Gasteiger partial charge on any atom is -0.398 e. The molecular formula is C12H19N3O4S. The van der Waals surface area contributed by atoms with Gasteiger partial charge in [-0.3, -0.25) is 4.98 Å². The van der Waals surface area contributed by atoms with Gasteiger partial charge in [0.05, 0.1) is 24.0 Å². The summed E-state index contributed by atoms with van der Waals surface area (Å²) in [5.41, 5.74) is 5.21. The Kier molecular flexibility index (Phi) is 4.01. The lowest BCUT2D eigenvalue weighted by Crippen LogP contribution is -2.55. The number of anilines is 1. The van der Waals surface area contributed by atoms with E-state index in [-0.39, 0.29) is 30.3 Å². The molecule has 1 saturated heterocycles. The van der Waals surface area contributed by atoms with Gasteiger partial charge in [0.2, 0.25) is 10.0 Å². The molecule has 2 heterocycles. The van der Waals surface area contributed by atoms with Crippen molar-refractivity contribution in [2.45, 2.75) is 30.4 Å². The highest BCUT2D eigenvalue weighted by molar-refractivity contribution is 7.89. The Morgan fingerprint density at radius 2 is 2.30 bits per heavy atom. The van der Waals surface area contributed by atoms with E-state index in [9.17, 15) is 13.5 Å². The summed E-state index contributed by atoms with van der Waals surface area (Å²) in [6.07, 6.45) is 2.13. The molecule has 1 unspecified atom stereocenters. The molecule has 1 aliphatic rings. The van der Waals surface area contributed by atoms with E-state index in [1.807, 2.05) is 0 Å². The van der Waals surface area contributed by atoms with Gasteiger partial charge in [0.15, 0.2) is 0 Å². The number of ether oxygens (including phenoxy) is 1. The summed E-state index contributed by atoms with van der Waals surface area (Å²) in [7, 11) is -3.75. The number of hydrogen-bond acceptors (Lipinski definition) is 6. The summed E-state index contributed by atoms with van der Waals surface area (Å²) in [5, 5.41) is 9.25. The monoisotopic (exact) mass is 301 g/mol. The van der Waals surface area contributed by atoms with Crippen LogP contribution in [0.15, 0.2) is 23.4 Å². The van der Waals surface area contributed by atoms with Crippen molar-refractivity contribution < 1.29 is 18.3 Å². The zero-order valence-electron chi connectivity index (χ0n) is 11.5. The fourth-order valence-electron chi connectivity index (χ4n) is 2.27. The predicted molar refractivity (Wildman–Crippen MR) is 73.4 cm³/mol. The van der Waals surface area contributed by atoms with Gasteiger partial charge in [-0.1, -0.05) is 0 Å². The number of morpholine rings is 1. The number of aliphatic hydroxyl groups is 1. The first-order valence-corrected chi connectivity index (χ1v) is 7.68. The molecule has 1 aliphatic heterocycles. The first kappa shape index (κ1) is 15.2. The number of nitrogen functional groups attached to an aromatic ring is 1. The average Bonchev–Trinajstić information content (AvgIpc) is 2.37. The maximum absolute atomic E-state index is 12.6. The second-order valence-corrected chi connectivity index (χ2v) is 7.30. The van der Waals surface area contributed by atoms with Crippen molar-refractivity contribution in [2.24, 2.45) is 0 Å². The Bertz CT molecular complexity index is 588. The highest BCUT2D eigenvalue weighted by Gasteiger charge is 2.39. The van der Waals surface area contributed by atoms with Crippen LogP contribution < -0.4 is 5.73 Å². The van der Waals surface area contributed by atoms with E-state index in [0.29, 0.717) is 0 Å². The van der Waals surface area contributed by atoms with Crippen LogP contribution >= 0.6 is 0 Å². The number of sulfonamides is 1.